The Kier molecular flexibility index (Phi) is 5.14. The van der Waals surface area contributed by atoms with Gasteiger partial charge in [0.15, 0.2) is 0 Å². The lowest BCUT2D eigenvalue weighted by molar-refractivity contribution is -0.131. The molecule has 0 spiro atoms. The summed E-state index contributed by atoms with van der Waals surface area (Å²) in [5, 5.41) is 2.76. The molecule has 0 atom stereocenters. The quantitative estimate of drug-likeness (QED) is 0.866. The molecule has 1 heterocycles. The van der Waals surface area contributed by atoms with Crippen LogP contribution >= 0.6 is 0 Å². The van der Waals surface area contributed by atoms with Gasteiger partial charge in [0.2, 0.25) is 11.8 Å². The minimum atomic E-state index is -0.111. The molecule has 1 N–H and O–H groups in total. The number of benzene rings is 1. The first-order valence-electron chi connectivity index (χ1n) is 7.40. The zero-order valence-corrected chi connectivity index (χ0v) is 12.6. The van der Waals surface area contributed by atoms with Gasteiger partial charge in [-0.3, -0.25) is 9.59 Å². The smallest absolute Gasteiger partial charge is 0.247 e. The van der Waals surface area contributed by atoms with Crippen LogP contribution in [0.3, 0.4) is 0 Å². The monoisotopic (exact) mass is 286 g/mol. The van der Waals surface area contributed by atoms with Crippen molar-refractivity contribution in [1.29, 1.82) is 0 Å². The van der Waals surface area contributed by atoms with Crippen LogP contribution in [0.1, 0.15) is 37.3 Å². The maximum atomic E-state index is 12.1. The van der Waals surface area contributed by atoms with Crippen molar-refractivity contribution in [3.05, 3.63) is 41.5 Å². The highest BCUT2D eigenvalue weighted by atomic mass is 16.2. The largest absolute Gasteiger partial charge is 0.354 e. The summed E-state index contributed by atoms with van der Waals surface area (Å²) in [5.41, 5.74) is 2.27. The second kappa shape index (κ2) is 7.07. The number of hydrogen-bond acceptors (Lipinski definition) is 2. The van der Waals surface area contributed by atoms with E-state index in [1.54, 1.807) is 17.1 Å². The first-order valence-corrected chi connectivity index (χ1v) is 7.40. The van der Waals surface area contributed by atoms with E-state index < -0.39 is 0 Å². The molecule has 0 radical (unpaired) electrons. The molecule has 1 fully saturated rings. The summed E-state index contributed by atoms with van der Waals surface area (Å²) in [5.74, 6) is 0.302. The van der Waals surface area contributed by atoms with Gasteiger partial charge in [0.1, 0.15) is 0 Å². The molecule has 1 aromatic rings. The van der Waals surface area contributed by atoms with E-state index in [4.69, 9.17) is 0 Å². The molecule has 0 unspecified atom stereocenters. The molecule has 4 nitrogen and oxygen atoms in total. The maximum Gasteiger partial charge on any atom is 0.247 e. The number of rotatable bonds is 3. The minimum absolute atomic E-state index is 0.0875. The van der Waals surface area contributed by atoms with Crippen LogP contribution < -0.4 is 5.32 Å². The van der Waals surface area contributed by atoms with E-state index in [-0.39, 0.29) is 18.4 Å². The van der Waals surface area contributed by atoms with Gasteiger partial charge in [-0.05, 0) is 29.5 Å². The Bertz CT molecular complexity index is 532. The third kappa shape index (κ3) is 4.45. The van der Waals surface area contributed by atoms with Crippen LogP contribution in [-0.4, -0.2) is 36.3 Å². The van der Waals surface area contributed by atoms with Gasteiger partial charge < -0.3 is 10.2 Å². The van der Waals surface area contributed by atoms with Gasteiger partial charge in [-0.2, -0.15) is 0 Å². The number of nitrogens with zero attached hydrogens (tertiary/aromatic N) is 1. The van der Waals surface area contributed by atoms with Crippen molar-refractivity contribution in [1.82, 2.24) is 10.2 Å². The summed E-state index contributed by atoms with van der Waals surface area (Å²) in [6.45, 7) is 5.71. The average Bonchev–Trinajstić information content (AvgIpc) is 2.70. The molecule has 0 aliphatic carbocycles. The van der Waals surface area contributed by atoms with Gasteiger partial charge in [-0.1, -0.05) is 38.1 Å². The Labute approximate surface area is 125 Å². The van der Waals surface area contributed by atoms with Crippen molar-refractivity contribution in [2.24, 2.45) is 0 Å². The fourth-order valence-electron chi connectivity index (χ4n) is 2.26. The Morgan fingerprint density at radius 2 is 2.00 bits per heavy atom. The SMILES string of the molecule is CC(C)c1ccc(C=CC(=O)N2CCCNC(=O)C2)cc1. The lowest BCUT2D eigenvalue weighted by Crippen LogP contribution is -2.36. The van der Waals surface area contributed by atoms with E-state index in [1.165, 1.54) is 5.56 Å². The van der Waals surface area contributed by atoms with Gasteiger partial charge in [0.05, 0.1) is 6.54 Å². The Hall–Kier alpha value is -2.10. The third-order valence-electron chi connectivity index (χ3n) is 3.59. The summed E-state index contributed by atoms with van der Waals surface area (Å²) in [6, 6.07) is 8.17. The van der Waals surface area contributed by atoms with Crippen molar-refractivity contribution in [2.45, 2.75) is 26.2 Å². The van der Waals surface area contributed by atoms with Crippen molar-refractivity contribution in [2.75, 3.05) is 19.6 Å². The van der Waals surface area contributed by atoms with Crippen LogP contribution in [0.4, 0.5) is 0 Å². The second-order valence-corrected chi connectivity index (χ2v) is 5.62. The summed E-state index contributed by atoms with van der Waals surface area (Å²) in [6.07, 6.45) is 4.15. The maximum absolute atomic E-state index is 12.1. The first-order chi connectivity index (χ1) is 10.1. The van der Waals surface area contributed by atoms with Crippen LogP contribution in [0.25, 0.3) is 6.08 Å². The lowest BCUT2D eigenvalue weighted by atomic mass is 10.0. The van der Waals surface area contributed by atoms with Crippen LogP contribution in [0.2, 0.25) is 0 Å². The topological polar surface area (TPSA) is 49.4 Å². The molecule has 112 valence electrons. The van der Waals surface area contributed by atoms with Crippen LogP contribution in [-0.2, 0) is 9.59 Å². The van der Waals surface area contributed by atoms with Gasteiger partial charge in [-0.15, -0.1) is 0 Å². The van der Waals surface area contributed by atoms with E-state index in [0.717, 1.165) is 12.0 Å². The van der Waals surface area contributed by atoms with Crippen molar-refractivity contribution in [3.8, 4) is 0 Å². The van der Waals surface area contributed by atoms with Crippen LogP contribution in [0, 0.1) is 0 Å². The highest BCUT2D eigenvalue weighted by molar-refractivity contribution is 5.94. The molecule has 1 saturated heterocycles. The molecule has 1 aliphatic heterocycles. The summed E-state index contributed by atoms with van der Waals surface area (Å²) in [7, 11) is 0. The van der Waals surface area contributed by atoms with Crippen molar-refractivity contribution >= 4 is 17.9 Å². The van der Waals surface area contributed by atoms with Crippen molar-refractivity contribution in [3.63, 3.8) is 0 Å². The van der Waals surface area contributed by atoms with E-state index in [0.29, 0.717) is 19.0 Å². The minimum Gasteiger partial charge on any atom is -0.354 e. The summed E-state index contributed by atoms with van der Waals surface area (Å²) >= 11 is 0. The Balaban J connectivity index is 1.99. The zero-order valence-electron chi connectivity index (χ0n) is 12.6. The molecular formula is C17H22N2O2. The molecule has 1 aliphatic rings. The highest BCUT2D eigenvalue weighted by Gasteiger charge is 2.17. The molecule has 2 amide bonds. The number of hydrogen-bond donors (Lipinski definition) is 1. The zero-order chi connectivity index (χ0) is 15.2. The lowest BCUT2D eigenvalue weighted by Gasteiger charge is -2.16. The number of amides is 2. The van der Waals surface area contributed by atoms with Gasteiger partial charge in [0, 0.05) is 19.2 Å². The fraction of sp³-hybridized carbons (Fsp3) is 0.412. The fourth-order valence-corrected chi connectivity index (χ4v) is 2.26. The predicted octanol–water partition coefficient (Wildman–Crippen LogP) is 2.17. The Morgan fingerprint density at radius 1 is 1.29 bits per heavy atom. The molecule has 4 heteroatoms. The van der Waals surface area contributed by atoms with E-state index >= 15 is 0 Å². The van der Waals surface area contributed by atoms with Crippen molar-refractivity contribution < 1.29 is 9.59 Å². The molecule has 0 aromatic heterocycles. The molecule has 1 aromatic carbocycles. The van der Waals surface area contributed by atoms with Gasteiger partial charge in [-0.25, -0.2) is 0 Å². The van der Waals surface area contributed by atoms with E-state index in [9.17, 15) is 9.59 Å². The molecule has 21 heavy (non-hydrogen) atoms. The Morgan fingerprint density at radius 3 is 2.67 bits per heavy atom. The van der Waals surface area contributed by atoms with Gasteiger partial charge >= 0.3 is 0 Å². The molecular weight excluding hydrogens is 264 g/mol. The number of carbonyl (C=O) groups is 2. The number of carbonyl (C=O) groups excluding carboxylic acids is 2. The van der Waals surface area contributed by atoms with Crippen LogP contribution in [0.15, 0.2) is 30.3 Å². The molecule has 0 saturated carbocycles. The molecule has 0 bridgehead atoms. The van der Waals surface area contributed by atoms with E-state index in [1.807, 2.05) is 12.1 Å². The second-order valence-electron chi connectivity index (χ2n) is 5.62. The average molecular weight is 286 g/mol. The van der Waals surface area contributed by atoms with Gasteiger partial charge in [0.25, 0.3) is 0 Å². The number of nitrogens with one attached hydrogen (secondary N) is 1. The summed E-state index contributed by atoms with van der Waals surface area (Å²) in [4.78, 5) is 25.1. The first kappa shape index (κ1) is 15.3. The normalized spacial score (nSPS) is 16.1. The highest BCUT2D eigenvalue weighted by Crippen LogP contribution is 2.15. The van der Waals surface area contributed by atoms with E-state index in [2.05, 4.69) is 31.3 Å². The van der Waals surface area contributed by atoms with Crippen LogP contribution in [0.5, 0.6) is 0 Å². The third-order valence-corrected chi connectivity index (χ3v) is 3.59. The predicted molar refractivity (Wildman–Crippen MR) is 83.8 cm³/mol. The summed E-state index contributed by atoms with van der Waals surface area (Å²) < 4.78 is 0. The molecule has 2 rings (SSSR count). The standard InChI is InChI=1S/C17H22N2O2/c1-13(2)15-7-4-14(5-8-15)6-9-17(21)19-11-3-10-18-16(20)12-19/h4-9,13H,3,10-12H2,1-2H3,(H,18,20).